The van der Waals surface area contributed by atoms with E-state index in [1.54, 1.807) is 10.9 Å². The van der Waals surface area contributed by atoms with Crippen molar-refractivity contribution in [2.75, 3.05) is 0 Å². The Hall–Kier alpha value is -1.18. The third-order valence-electron chi connectivity index (χ3n) is 5.15. The van der Waals surface area contributed by atoms with Crippen LogP contribution in [0, 0.1) is 0 Å². The first-order valence-corrected chi connectivity index (χ1v) is 12.2. The highest BCUT2D eigenvalue weighted by Gasteiger charge is 2.39. The van der Waals surface area contributed by atoms with Gasteiger partial charge in [-0.25, -0.2) is 14.0 Å². The number of rotatable bonds is 5. The van der Waals surface area contributed by atoms with E-state index in [-0.39, 0.29) is 22.9 Å². The molecule has 1 aromatic heterocycles. The first-order valence-electron chi connectivity index (χ1n) is 8.54. The van der Waals surface area contributed by atoms with E-state index in [4.69, 9.17) is 4.43 Å². The highest BCUT2D eigenvalue weighted by molar-refractivity contribution is 9.10. The Morgan fingerprint density at radius 1 is 1.16 bits per heavy atom. The maximum Gasteiger partial charge on any atom is 0.350 e. The van der Waals surface area contributed by atoms with Gasteiger partial charge in [-0.05, 0) is 56.2 Å². The molecule has 5 nitrogen and oxygen atoms in total. The Bertz CT molecular complexity index is 775. The fraction of sp³-hybridized carbons (Fsp3) is 0.556. The van der Waals surface area contributed by atoms with Gasteiger partial charge in [0.2, 0.25) is 0 Å². The minimum atomic E-state index is -1.90. The number of hydrogen-bond acceptors (Lipinski definition) is 3. The Kier molecular flexibility index (Phi) is 5.80. The van der Waals surface area contributed by atoms with Gasteiger partial charge in [0.25, 0.3) is 0 Å². The van der Waals surface area contributed by atoms with Crippen LogP contribution in [0.2, 0.25) is 18.1 Å². The summed E-state index contributed by atoms with van der Waals surface area (Å²) in [7, 11) is -1.90. The highest BCUT2D eigenvalue weighted by atomic mass is 79.9. The van der Waals surface area contributed by atoms with Crippen molar-refractivity contribution in [1.29, 1.82) is 0 Å². The molecule has 0 amide bonds. The van der Waals surface area contributed by atoms with Crippen LogP contribution < -0.4 is 5.69 Å². The molecule has 0 N–H and O–H groups in total. The summed E-state index contributed by atoms with van der Waals surface area (Å²) in [6.07, 6.45) is 1.48. The topological polar surface area (TPSA) is 49.0 Å². The molecule has 0 aliphatic rings. The predicted octanol–water partition coefficient (Wildman–Crippen LogP) is 4.77. The van der Waals surface area contributed by atoms with Crippen molar-refractivity contribution in [3.8, 4) is 5.69 Å². The molecular formula is C18H28BrN3O2Si. The number of benzene rings is 1. The fourth-order valence-electron chi connectivity index (χ4n) is 2.31. The first kappa shape index (κ1) is 20.1. The first-order chi connectivity index (χ1) is 11.4. The van der Waals surface area contributed by atoms with Crippen LogP contribution in [0.5, 0.6) is 0 Å². The molecule has 2 rings (SSSR count). The Labute approximate surface area is 159 Å². The molecule has 25 heavy (non-hydrogen) atoms. The molecule has 0 aliphatic carbocycles. The average molecular weight is 426 g/mol. The van der Waals surface area contributed by atoms with Gasteiger partial charge in [0.05, 0.1) is 17.8 Å². The van der Waals surface area contributed by atoms with Crippen LogP contribution in [-0.2, 0) is 4.43 Å². The number of hydrogen-bond donors (Lipinski definition) is 0. The second-order valence-corrected chi connectivity index (χ2v) is 13.7. The van der Waals surface area contributed by atoms with E-state index in [0.717, 1.165) is 10.2 Å². The van der Waals surface area contributed by atoms with E-state index >= 15 is 0 Å². The maximum atomic E-state index is 12.8. The minimum Gasteiger partial charge on any atom is -0.412 e. The summed E-state index contributed by atoms with van der Waals surface area (Å²) in [5.74, 6) is 0. The molecule has 0 unspecified atom stereocenters. The number of halogens is 1. The normalized spacial score (nSPS) is 15.2. The van der Waals surface area contributed by atoms with Gasteiger partial charge in [-0.1, -0.05) is 36.7 Å². The van der Waals surface area contributed by atoms with Gasteiger partial charge in [0, 0.05) is 4.47 Å². The van der Waals surface area contributed by atoms with Gasteiger partial charge < -0.3 is 4.43 Å². The summed E-state index contributed by atoms with van der Waals surface area (Å²) in [5, 5.41) is 4.45. The molecule has 0 bridgehead atoms. The van der Waals surface area contributed by atoms with Crippen LogP contribution >= 0.6 is 15.9 Å². The summed E-state index contributed by atoms with van der Waals surface area (Å²) in [6, 6.07) is 7.45. The molecule has 0 spiro atoms. The maximum absolute atomic E-state index is 12.8. The van der Waals surface area contributed by atoms with Crippen LogP contribution in [0.1, 0.15) is 40.7 Å². The molecule has 0 aliphatic heterocycles. The van der Waals surface area contributed by atoms with Crippen molar-refractivity contribution in [2.24, 2.45) is 0 Å². The molecule has 1 aromatic carbocycles. The van der Waals surface area contributed by atoms with Crippen molar-refractivity contribution in [3.05, 3.63) is 45.5 Å². The molecule has 0 fully saturated rings. The lowest BCUT2D eigenvalue weighted by molar-refractivity contribution is 0.137. The summed E-state index contributed by atoms with van der Waals surface area (Å²) >= 11 is 3.41. The number of nitrogens with zero attached hydrogens (tertiary/aromatic N) is 3. The van der Waals surface area contributed by atoms with Crippen molar-refractivity contribution in [3.63, 3.8) is 0 Å². The summed E-state index contributed by atoms with van der Waals surface area (Å²) < 4.78 is 10.5. The second kappa shape index (κ2) is 7.21. The Balaban J connectivity index is 2.25. The van der Waals surface area contributed by atoms with E-state index in [2.05, 4.69) is 54.9 Å². The zero-order chi connectivity index (χ0) is 19.0. The molecule has 2 aromatic rings. The molecule has 138 valence electrons. The SMILES string of the molecule is C[C@@H](O[Si](C)(C)C(C)(C)C)[C@H](C)n1ncn(-c2ccc(Br)cc2)c1=O. The Morgan fingerprint density at radius 3 is 2.24 bits per heavy atom. The zero-order valence-electron chi connectivity index (χ0n) is 16.1. The molecule has 7 heteroatoms. The van der Waals surface area contributed by atoms with Crippen molar-refractivity contribution in [1.82, 2.24) is 14.3 Å². The van der Waals surface area contributed by atoms with Gasteiger partial charge in [-0.15, -0.1) is 0 Å². The molecular weight excluding hydrogens is 398 g/mol. The van der Waals surface area contributed by atoms with Gasteiger partial charge in [0.1, 0.15) is 6.33 Å². The van der Waals surface area contributed by atoms with Gasteiger partial charge in [-0.2, -0.15) is 5.10 Å². The largest absolute Gasteiger partial charge is 0.412 e. The second-order valence-electron chi connectivity index (χ2n) is 8.03. The highest BCUT2D eigenvalue weighted by Crippen LogP contribution is 2.38. The van der Waals surface area contributed by atoms with Crippen molar-refractivity contribution >= 4 is 24.2 Å². The van der Waals surface area contributed by atoms with E-state index < -0.39 is 8.32 Å². The lowest BCUT2D eigenvalue weighted by atomic mass is 10.2. The average Bonchev–Trinajstić information content (AvgIpc) is 2.87. The van der Waals surface area contributed by atoms with Crippen LogP contribution in [0.25, 0.3) is 5.69 Å². The van der Waals surface area contributed by atoms with E-state index in [1.165, 1.54) is 4.68 Å². The monoisotopic (exact) mass is 425 g/mol. The summed E-state index contributed by atoms with van der Waals surface area (Å²) in [6.45, 7) is 15.1. The smallest absolute Gasteiger partial charge is 0.350 e. The van der Waals surface area contributed by atoms with Gasteiger partial charge in [0.15, 0.2) is 8.32 Å². The molecule has 1 heterocycles. The lowest BCUT2D eigenvalue weighted by Crippen LogP contribution is -2.45. The summed E-state index contributed by atoms with van der Waals surface area (Å²) in [4.78, 5) is 12.8. The molecule has 0 saturated heterocycles. The third kappa shape index (κ3) is 4.32. The molecule has 0 saturated carbocycles. The third-order valence-corrected chi connectivity index (χ3v) is 10.3. The summed E-state index contributed by atoms with van der Waals surface area (Å²) in [5.41, 5.74) is 0.644. The molecule has 2 atom stereocenters. The van der Waals surface area contributed by atoms with Gasteiger partial charge in [-0.3, -0.25) is 0 Å². The minimum absolute atomic E-state index is 0.0909. The van der Waals surface area contributed by atoms with Crippen LogP contribution in [0.15, 0.2) is 39.9 Å². The van der Waals surface area contributed by atoms with E-state index in [9.17, 15) is 4.79 Å². The quantitative estimate of drug-likeness (QED) is 0.648. The number of aromatic nitrogens is 3. The van der Waals surface area contributed by atoms with E-state index in [0.29, 0.717) is 0 Å². The fourth-order valence-corrected chi connectivity index (χ4v) is 4.06. The Morgan fingerprint density at radius 2 is 1.72 bits per heavy atom. The van der Waals surface area contributed by atoms with Crippen LogP contribution in [0.4, 0.5) is 0 Å². The van der Waals surface area contributed by atoms with Crippen molar-refractivity contribution in [2.45, 2.75) is 64.9 Å². The van der Waals surface area contributed by atoms with Crippen LogP contribution in [-0.4, -0.2) is 28.8 Å². The predicted molar refractivity (Wildman–Crippen MR) is 108 cm³/mol. The van der Waals surface area contributed by atoms with Gasteiger partial charge >= 0.3 is 5.69 Å². The van der Waals surface area contributed by atoms with E-state index in [1.807, 2.05) is 38.1 Å². The molecule has 0 radical (unpaired) electrons. The standard InChI is InChI=1S/C18H28BrN3O2Si/c1-13(14(2)24-25(6,7)18(3,4)5)22-17(23)21(12-20-22)16-10-8-15(19)9-11-16/h8-14H,1-7H3/t13-,14+/m0/s1. The zero-order valence-corrected chi connectivity index (χ0v) is 18.7. The van der Waals surface area contributed by atoms with Crippen LogP contribution in [0.3, 0.4) is 0 Å². The van der Waals surface area contributed by atoms with Crippen molar-refractivity contribution < 1.29 is 4.43 Å². The lowest BCUT2D eigenvalue weighted by Gasteiger charge is -2.39.